The summed E-state index contributed by atoms with van der Waals surface area (Å²) in [5.74, 6) is 2.57. The van der Waals surface area contributed by atoms with Crippen LogP contribution in [-0.2, 0) is 9.59 Å². The van der Waals surface area contributed by atoms with Crippen molar-refractivity contribution >= 4 is 54.2 Å². The van der Waals surface area contributed by atoms with E-state index in [-0.39, 0.29) is 48.7 Å². The maximum absolute atomic E-state index is 12.5. The topological polar surface area (TPSA) is 101 Å². The van der Waals surface area contributed by atoms with Crippen LogP contribution in [0.3, 0.4) is 0 Å². The lowest BCUT2D eigenvalue weighted by Crippen LogP contribution is -2.43. The molecule has 2 aliphatic rings. The standard InChI is InChI=1S/C18H24N6O2S.2ClH/c1-13(25)24(5-4-20-17-3-2-14(9-19)10-22-17)15-8-16(21-11-15)18(26)23-6-7-27-12-23;;/h2-3,10,15-16,21H,4-8,11-12H2,1H3,(H,20,22);2*1H/t15-,16-;;/m0../s1. The van der Waals surface area contributed by atoms with Crippen LogP contribution in [0.25, 0.3) is 0 Å². The molecule has 0 saturated carbocycles. The summed E-state index contributed by atoms with van der Waals surface area (Å²) in [5.41, 5.74) is 0.509. The molecule has 0 radical (unpaired) electrons. The third-order valence-corrected chi connectivity index (χ3v) is 5.83. The molecule has 2 atom stereocenters. The van der Waals surface area contributed by atoms with Gasteiger partial charge in [0.2, 0.25) is 11.8 Å². The van der Waals surface area contributed by atoms with Crippen LogP contribution in [0.4, 0.5) is 5.82 Å². The molecule has 8 nitrogen and oxygen atoms in total. The van der Waals surface area contributed by atoms with Crippen molar-refractivity contribution in [1.29, 1.82) is 5.26 Å². The summed E-state index contributed by atoms with van der Waals surface area (Å²) in [6, 6.07) is 5.29. The molecule has 11 heteroatoms. The molecular formula is C18H26Cl2N6O2S. The third-order valence-electron chi connectivity index (χ3n) is 4.87. The Balaban J connectivity index is 0.00000210. The number of halogens is 2. The van der Waals surface area contributed by atoms with Crippen molar-refractivity contribution in [2.75, 3.05) is 43.1 Å². The maximum atomic E-state index is 12.5. The molecule has 0 bridgehead atoms. The highest BCUT2D eigenvalue weighted by atomic mass is 35.5. The van der Waals surface area contributed by atoms with Crippen molar-refractivity contribution in [1.82, 2.24) is 20.1 Å². The molecule has 160 valence electrons. The number of carbonyl (C=O) groups is 2. The lowest BCUT2D eigenvalue weighted by atomic mass is 10.1. The highest BCUT2D eigenvalue weighted by Gasteiger charge is 2.36. The monoisotopic (exact) mass is 460 g/mol. The van der Waals surface area contributed by atoms with Crippen molar-refractivity contribution < 1.29 is 9.59 Å². The normalized spacial score (nSPS) is 20.2. The Morgan fingerprint density at radius 1 is 1.45 bits per heavy atom. The van der Waals surface area contributed by atoms with Crippen molar-refractivity contribution in [2.24, 2.45) is 0 Å². The van der Waals surface area contributed by atoms with Gasteiger partial charge in [-0.2, -0.15) is 5.26 Å². The molecular weight excluding hydrogens is 435 g/mol. The highest BCUT2D eigenvalue weighted by Crippen LogP contribution is 2.20. The van der Waals surface area contributed by atoms with Crippen molar-refractivity contribution in [2.45, 2.75) is 25.4 Å². The molecule has 0 aliphatic carbocycles. The van der Waals surface area contributed by atoms with Gasteiger partial charge in [0.15, 0.2) is 0 Å². The third kappa shape index (κ3) is 6.64. The van der Waals surface area contributed by atoms with E-state index in [1.165, 1.54) is 6.20 Å². The van der Waals surface area contributed by atoms with E-state index < -0.39 is 0 Å². The summed E-state index contributed by atoms with van der Waals surface area (Å²) in [4.78, 5) is 32.5. The number of carbonyl (C=O) groups excluding carboxylic acids is 2. The maximum Gasteiger partial charge on any atom is 0.240 e. The molecule has 2 amide bonds. The van der Waals surface area contributed by atoms with Gasteiger partial charge < -0.3 is 20.4 Å². The molecule has 2 saturated heterocycles. The van der Waals surface area contributed by atoms with Crippen LogP contribution in [0, 0.1) is 11.3 Å². The van der Waals surface area contributed by atoms with E-state index in [0.717, 1.165) is 18.2 Å². The Morgan fingerprint density at radius 3 is 2.83 bits per heavy atom. The summed E-state index contributed by atoms with van der Waals surface area (Å²) < 4.78 is 0. The van der Waals surface area contributed by atoms with E-state index in [4.69, 9.17) is 5.26 Å². The van der Waals surface area contributed by atoms with E-state index in [2.05, 4.69) is 15.6 Å². The molecule has 0 aromatic carbocycles. The first-order valence-electron chi connectivity index (χ1n) is 9.05. The van der Waals surface area contributed by atoms with Crippen molar-refractivity contribution in [3.05, 3.63) is 23.9 Å². The van der Waals surface area contributed by atoms with Crippen molar-refractivity contribution in [3.8, 4) is 6.07 Å². The Bertz CT molecular complexity index is 724. The smallest absolute Gasteiger partial charge is 0.240 e. The average molecular weight is 461 g/mol. The number of nitriles is 1. The molecule has 2 fully saturated rings. The summed E-state index contributed by atoms with van der Waals surface area (Å²) in [7, 11) is 0. The predicted molar refractivity (Wildman–Crippen MR) is 119 cm³/mol. The minimum Gasteiger partial charge on any atom is -0.368 e. The molecule has 3 heterocycles. The Kier molecular flexibility index (Phi) is 10.5. The summed E-state index contributed by atoms with van der Waals surface area (Å²) in [6.07, 6.45) is 2.16. The lowest BCUT2D eigenvalue weighted by Gasteiger charge is -2.28. The molecule has 1 aromatic heterocycles. The number of nitrogens with one attached hydrogen (secondary N) is 2. The number of hydrogen-bond acceptors (Lipinski definition) is 7. The molecule has 0 unspecified atom stereocenters. The number of amides is 2. The Labute approximate surface area is 187 Å². The zero-order chi connectivity index (χ0) is 19.2. The zero-order valence-corrected chi connectivity index (χ0v) is 18.6. The quantitative estimate of drug-likeness (QED) is 0.659. The Hall–Kier alpha value is -1.73. The zero-order valence-electron chi connectivity index (χ0n) is 16.2. The first-order chi connectivity index (χ1) is 13.1. The van der Waals surface area contributed by atoms with Gasteiger partial charge in [0.25, 0.3) is 0 Å². The second kappa shape index (κ2) is 12.1. The van der Waals surface area contributed by atoms with E-state index in [1.54, 1.807) is 30.8 Å². The van der Waals surface area contributed by atoms with E-state index in [0.29, 0.717) is 37.4 Å². The van der Waals surface area contributed by atoms with E-state index in [1.807, 2.05) is 15.9 Å². The van der Waals surface area contributed by atoms with Crippen LogP contribution in [-0.4, -0.2) is 76.5 Å². The van der Waals surface area contributed by atoms with Crippen LogP contribution in [0.15, 0.2) is 18.3 Å². The number of anilines is 1. The molecule has 0 spiro atoms. The van der Waals surface area contributed by atoms with Gasteiger partial charge in [-0.25, -0.2) is 4.98 Å². The summed E-state index contributed by atoms with van der Waals surface area (Å²) >= 11 is 1.77. The fourth-order valence-corrected chi connectivity index (χ4v) is 4.37. The van der Waals surface area contributed by atoms with Gasteiger partial charge in [0.1, 0.15) is 11.9 Å². The largest absolute Gasteiger partial charge is 0.368 e. The van der Waals surface area contributed by atoms with Crippen LogP contribution in [0.2, 0.25) is 0 Å². The van der Waals surface area contributed by atoms with Gasteiger partial charge in [-0.1, -0.05) is 0 Å². The first-order valence-corrected chi connectivity index (χ1v) is 10.2. The predicted octanol–water partition coefficient (Wildman–Crippen LogP) is 1.32. The van der Waals surface area contributed by atoms with Gasteiger partial charge in [-0.15, -0.1) is 36.6 Å². The van der Waals surface area contributed by atoms with Crippen molar-refractivity contribution in [3.63, 3.8) is 0 Å². The molecule has 2 aliphatic heterocycles. The average Bonchev–Trinajstić information content (AvgIpc) is 3.37. The van der Waals surface area contributed by atoms with Gasteiger partial charge in [0.05, 0.1) is 17.5 Å². The number of thioether (sulfide) groups is 1. The Morgan fingerprint density at radius 2 is 2.24 bits per heavy atom. The molecule has 2 N–H and O–H groups in total. The molecule has 1 aromatic rings. The number of rotatable bonds is 6. The SMILES string of the molecule is CC(=O)N(CCNc1ccc(C#N)cn1)[C@@H]1CN[C@H](C(=O)N2CCSC2)C1.Cl.Cl. The van der Waals surface area contributed by atoms with Gasteiger partial charge in [-0.3, -0.25) is 9.59 Å². The fourth-order valence-electron chi connectivity index (χ4n) is 3.42. The van der Waals surface area contributed by atoms with Crippen LogP contribution >= 0.6 is 36.6 Å². The summed E-state index contributed by atoms with van der Waals surface area (Å²) in [5, 5.41) is 15.3. The highest BCUT2D eigenvalue weighted by molar-refractivity contribution is 7.99. The first kappa shape index (κ1) is 25.3. The molecule has 3 rings (SSSR count). The lowest BCUT2D eigenvalue weighted by molar-refractivity contribution is -0.133. The molecule has 29 heavy (non-hydrogen) atoms. The van der Waals surface area contributed by atoms with Crippen LogP contribution < -0.4 is 10.6 Å². The van der Waals surface area contributed by atoms with Crippen LogP contribution in [0.1, 0.15) is 18.9 Å². The number of nitrogens with zero attached hydrogens (tertiary/aromatic N) is 4. The van der Waals surface area contributed by atoms with Gasteiger partial charge >= 0.3 is 0 Å². The number of hydrogen-bond donors (Lipinski definition) is 2. The minimum absolute atomic E-state index is 0. The second-order valence-corrected chi connectivity index (χ2v) is 7.75. The minimum atomic E-state index is -0.205. The van der Waals surface area contributed by atoms with Crippen LogP contribution in [0.5, 0.6) is 0 Å². The van der Waals surface area contributed by atoms with Gasteiger partial charge in [-0.05, 0) is 18.6 Å². The fraction of sp³-hybridized carbons (Fsp3) is 0.556. The van der Waals surface area contributed by atoms with E-state index >= 15 is 0 Å². The number of pyridine rings is 1. The van der Waals surface area contributed by atoms with E-state index in [9.17, 15) is 9.59 Å². The summed E-state index contributed by atoms with van der Waals surface area (Å²) in [6.45, 7) is 4.09. The number of aromatic nitrogens is 1. The van der Waals surface area contributed by atoms with Gasteiger partial charge in [0, 0.05) is 51.1 Å². The second-order valence-electron chi connectivity index (χ2n) is 6.67.